The van der Waals surface area contributed by atoms with Crippen molar-refractivity contribution in [3.05, 3.63) is 60.2 Å². The largest absolute Gasteiger partial charge is 0.497 e. The Morgan fingerprint density at radius 1 is 1.04 bits per heavy atom. The summed E-state index contributed by atoms with van der Waals surface area (Å²) in [7, 11) is 1.63. The third-order valence-corrected chi connectivity index (χ3v) is 3.81. The van der Waals surface area contributed by atoms with Gasteiger partial charge in [0.25, 0.3) is 0 Å². The average molecular weight is 324 g/mol. The first-order valence-corrected chi connectivity index (χ1v) is 8.14. The number of benzene rings is 2. The maximum absolute atomic E-state index is 12.0. The summed E-state index contributed by atoms with van der Waals surface area (Å²) < 4.78 is 5.11. The van der Waals surface area contributed by atoms with E-state index >= 15 is 0 Å². The molecular formula is C20H24N2O2. The molecule has 1 N–H and O–H groups in total. The molecule has 0 unspecified atom stereocenters. The minimum Gasteiger partial charge on any atom is -0.497 e. The Kier molecular flexibility index (Phi) is 6.43. The normalized spacial score (nSPS) is 10.6. The number of nitrogens with zero attached hydrogens (tertiary/aromatic N) is 1. The number of anilines is 2. The number of carbonyl (C=O) groups is 1. The molecule has 0 fully saturated rings. The van der Waals surface area contributed by atoms with Gasteiger partial charge in [0.05, 0.1) is 7.11 Å². The molecule has 0 radical (unpaired) electrons. The third-order valence-electron chi connectivity index (χ3n) is 3.81. The second-order valence-corrected chi connectivity index (χ2v) is 5.31. The van der Waals surface area contributed by atoms with E-state index in [1.165, 1.54) is 6.08 Å². The highest BCUT2D eigenvalue weighted by Gasteiger charge is 2.02. The topological polar surface area (TPSA) is 41.6 Å². The van der Waals surface area contributed by atoms with Gasteiger partial charge in [-0.15, -0.1) is 0 Å². The molecule has 0 aliphatic carbocycles. The van der Waals surface area contributed by atoms with Crippen molar-refractivity contribution in [2.75, 3.05) is 30.4 Å². The van der Waals surface area contributed by atoms with Gasteiger partial charge in [0.1, 0.15) is 5.75 Å². The third kappa shape index (κ3) is 4.88. The Morgan fingerprint density at radius 2 is 1.67 bits per heavy atom. The highest BCUT2D eigenvalue weighted by atomic mass is 16.5. The van der Waals surface area contributed by atoms with E-state index in [0.29, 0.717) is 0 Å². The molecule has 0 atom stereocenters. The number of amides is 1. The maximum Gasteiger partial charge on any atom is 0.248 e. The Balaban J connectivity index is 1.95. The van der Waals surface area contributed by atoms with Gasteiger partial charge in [0, 0.05) is 30.5 Å². The Hall–Kier alpha value is -2.75. The van der Waals surface area contributed by atoms with Crippen LogP contribution >= 0.6 is 0 Å². The van der Waals surface area contributed by atoms with Gasteiger partial charge in [0.15, 0.2) is 0 Å². The molecule has 2 aromatic carbocycles. The zero-order valence-electron chi connectivity index (χ0n) is 14.5. The number of carbonyl (C=O) groups excluding carboxylic acids is 1. The van der Waals surface area contributed by atoms with E-state index in [1.54, 1.807) is 13.2 Å². The summed E-state index contributed by atoms with van der Waals surface area (Å²) in [4.78, 5) is 14.3. The molecule has 126 valence electrons. The summed E-state index contributed by atoms with van der Waals surface area (Å²) in [6.45, 7) is 6.19. The number of methoxy groups -OCH3 is 1. The van der Waals surface area contributed by atoms with Crippen molar-refractivity contribution in [2.45, 2.75) is 13.8 Å². The maximum atomic E-state index is 12.0. The van der Waals surface area contributed by atoms with Crippen LogP contribution in [-0.4, -0.2) is 26.1 Å². The lowest BCUT2D eigenvalue weighted by molar-refractivity contribution is -0.111. The molecule has 0 spiro atoms. The minimum atomic E-state index is -0.151. The van der Waals surface area contributed by atoms with Crippen LogP contribution in [0.4, 0.5) is 11.4 Å². The average Bonchev–Trinajstić information content (AvgIpc) is 2.63. The smallest absolute Gasteiger partial charge is 0.248 e. The van der Waals surface area contributed by atoms with Crippen molar-refractivity contribution >= 4 is 23.4 Å². The molecule has 0 aliphatic heterocycles. The van der Waals surface area contributed by atoms with Gasteiger partial charge in [0.2, 0.25) is 5.91 Å². The first-order chi connectivity index (χ1) is 11.7. The van der Waals surface area contributed by atoms with Crippen LogP contribution in [-0.2, 0) is 4.79 Å². The van der Waals surface area contributed by atoms with Crippen molar-refractivity contribution in [3.8, 4) is 5.75 Å². The van der Waals surface area contributed by atoms with Crippen LogP contribution in [0.25, 0.3) is 6.08 Å². The fraction of sp³-hybridized carbons (Fsp3) is 0.250. The van der Waals surface area contributed by atoms with E-state index in [-0.39, 0.29) is 5.91 Å². The molecule has 0 aromatic heterocycles. The van der Waals surface area contributed by atoms with Crippen LogP contribution in [0, 0.1) is 0 Å². The SMILES string of the molecule is CCN(CC)c1ccc(NC(=O)/C=C/c2ccc(OC)cc2)cc1. The number of ether oxygens (including phenoxy) is 1. The standard InChI is InChI=1S/C20H24N2O2/c1-4-22(5-2)18-11-9-17(10-12-18)21-20(23)15-8-16-6-13-19(24-3)14-7-16/h6-15H,4-5H2,1-3H3,(H,21,23)/b15-8+. The second-order valence-electron chi connectivity index (χ2n) is 5.31. The predicted molar refractivity (Wildman–Crippen MR) is 101 cm³/mol. The number of rotatable bonds is 7. The molecule has 4 heteroatoms. The Labute approximate surface area is 143 Å². The molecule has 4 nitrogen and oxygen atoms in total. The van der Waals surface area contributed by atoms with Crippen LogP contribution < -0.4 is 15.0 Å². The molecule has 0 aliphatic rings. The first kappa shape index (κ1) is 17.6. The second kappa shape index (κ2) is 8.77. The van der Waals surface area contributed by atoms with Gasteiger partial charge in [-0.1, -0.05) is 12.1 Å². The van der Waals surface area contributed by atoms with E-state index in [1.807, 2.05) is 48.5 Å². The van der Waals surface area contributed by atoms with Crippen molar-refractivity contribution in [3.63, 3.8) is 0 Å². The van der Waals surface area contributed by atoms with Crippen molar-refractivity contribution < 1.29 is 9.53 Å². The van der Waals surface area contributed by atoms with Crippen LogP contribution in [0.2, 0.25) is 0 Å². The summed E-state index contributed by atoms with van der Waals surface area (Å²) in [6, 6.07) is 15.4. The number of hydrogen-bond acceptors (Lipinski definition) is 3. The van der Waals surface area contributed by atoms with Gasteiger partial charge in [-0.05, 0) is 61.9 Å². The van der Waals surface area contributed by atoms with Crippen molar-refractivity contribution in [1.29, 1.82) is 0 Å². The highest BCUT2D eigenvalue weighted by Crippen LogP contribution is 2.18. The molecule has 2 aromatic rings. The summed E-state index contributed by atoms with van der Waals surface area (Å²) in [5.41, 5.74) is 2.89. The van der Waals surface area contributed by atoms with E-state index < -0.39 is 0 Å². The number of hydrogen-bond donors (Lipinski definition) is 1. The van der Waals surface area contributed by atoms with Crippen LogP contribution in [0.3, 0.4) is 0 Å². The fourth-order valence-electron chi connectivity index (χ4n) is 2.42. The zero-order valence-corrected chi connectivity index (χ0v) is 14.5. The van der Waals surface area contributed by atoms with Crippen LogP contribution in [0.1, 0.15) is 19.4 Å². The van der Waals surface area contributed by atoms with E-state index in [2.05, 4.69) is 24.1 Å². The predicted octanol–water partition coefficient (Wildman–Crippen LogP) is 4.19. The molecule has 2 rings (SSSR count). The van der Waals surface area contributed by atoms with Crippen molar-refractivity contribution in [1.82, 2.24) is 0 Å². The van der Waals surface area contributed by atoms with Gasteiger partial charge < -0.3 is 15.0 Å². The monoisotopic (exact) mass is 324 g/mol. The lowest BCUT2D eigenvalue weighted by atomic mass is 10.2. The zero-order chi connectivity index (χ0) is 17.4. The summed E-state index contributed by atoms with van der Waals surface area (Å²) in [5.74, 6) is 0.645. The lowest BCUT2D eigenvalue weighted by Crippen LogP contribution is -2.21. The van der Waals surface area contributed by atoms with E-state index in [0.717, 1.165) is 35.8 Å². The molecule has 0 heterocycles. The van der Waals surface area contributed by atoms with Gasteiger partial charge in [-0.2, -0.15) is 0 Å². The van der Waals surface area contributed by atoms with Crippen LogP contribution in [0.5, 0.6) is 5.75 Å². The van der Waals surface area contributed by atoms with Gasteiger partial charge in [-0.25, -0.2) is 0 Å². The van der Waals surface area contributed by atoms with Gasteiger partial charge >= 0.3 is 0 Å². The molecule has 0 bridgehead atoms. The molecule has 1 amide bonds. The van der Waals surface area contributed by atoms with Crippen molar-refractivity contribution in [2.24, 2.45) is 0 Å². The summed E-state index contributed by atoms with van der Waals surface area (Å²) >= 11 is 0. The Bertz CT molecular complexity index is 672. The van der Waals surface area contributed by atoms with Gasteiger partial charge in [-0.3, -0.25) is 4.79 Å². The Morgan fingerprint density at radius 3 is 2.21 bits per heavy atom. The van der Waals surface area contributed by atoms with E-state index in [9.17, 15) is 4.79 Å². The summed E-state index contributed by atoms with van der Waals surface area (Å²) in [5, 5.41) is 2.87. The number of nitrogens with one attached hydrogen (secondary N) is 1. The molecular weight excluding hydrogens is 300 g/mol. The summed E-state index contributed by atoms with van der Waals surface area (Å²) in [6.07, 6.45) is 3.30. The van der Waals surface area contributed by atoms with E-state index in [4.69, 9.17) is 4.74 Å². The lowest BCUT2D eigenvalue weighted by Gasteiger charge is -2.21. The molecule has 0 saturated carbocycles. The fourth-order valence-corrected chi connectivity index (χ4v) is 2.42. The molecule has 24 heavy (non-hydrogen) atoms. The minimum absolute atomic E-state index is 0.151. The van der Waals surface area contributed by atoms with Crippen LogP contribution in [0.15, 0.2) is 54.6 Å². The molecule has 0 saturated heterocycles. The first-order valence-electron chi connectivity index (χ1n) is 8.14. The highest BCUT2D eigenvalue weighted by molar-refractivity contribution is 6.02. The quantitative estimate of drug-likeness (QED) is 0.776.